The Kier molecular flexibility index (Phi) is 5.78. The fourth-order valence-electron chi connectivity index (χ4n) is 2.33. The molecule has 0 unspecified atom stereocenters. The fraction of sp³-hybridized carbons (Fsp3) is 0.100. The summed E-state index contributed by atoms with van der Waals surface area (Å²) in [5, 5.41) is 14.5. The number of rotatable bonds is 6. The molecule has 0 fully saturated rings. The molecule has 3 aromatic rings. The van der Waals surface area contributed by atoms with Gasteiger partial charge in [-0.05, 0) is 61.0 Å². The molecule has 0 radical (unpaired) electrons. The molecule has 0 spiro atoms. The van der Waals surface area contributed by atoms with Gasteiger partial charge >= 0.3 is 0 Å². The molecule has 1 heterocycles. The van der Waals surface area contributed by atoms with Crippen LogP contribution in [0, 0.1) is 0 Å². The van der Waals surface area contributed by atoms with Gasteiger partial charge < -0.3 is 10.6 Å². The van der Waals surface area contributed by atoms with E-state index >= 15 is 0 Å². The standard InChI is InChI=1S/C20H17ClN4O2/c1-13(26)15-4-8-17(9-5-15)23-20(27)18-10-11-19(25-24-18)22-12-14-2-6-16(21)7-3-14/h2-11H,12H2,1H3,(H,22,25)(H,23,27). The Morgan fingerprint density at radius 2 is 1.63 bits per heavy atom. The first-order valence-electron chi connectivity index (χ1n) is 8.25. The van der Waals surface area contributed by atoms with Crippen molar-refractivity contribution in [2.75, 3.05) is 10.6 Å². The summed E-state index contributed by atoms with van der Waals surface area (Å²) in [6.45, 7) is 2.06. The van der Waals surface area contributed by atoms with Crippen molar-refractivity contribution in [1.82, 2.24) is 10.2 Å². The summed E-state index contributed by atoms with van der Waals surface area (Å²) in [5.41, 5.74) is 2.42. The Balaban J connectivity index is 1.58. The third kappa shape index (κ3) is 5.12. The van der Waals surface area contributed by atoms with Gasteiger partial charge in [0.25, 0.3) is 5.91 Å². The highest BCUT2D eigenvalue weighted by molar-refractivity contribution is 6.30. The Labute approximate surface area is 161 Å². The zero-order valence-electron chi connectivity index (χ0n) is 14.6. The Bertz CT molecular complexity index is 939. The molecule has 1 amide bonds. The molecule has 27 heavy (non-hydrogen) atoms. The summed E-state index contributed by atoms with van der Waals surface area (Å²) in [5.74, 6) is 0.162. The molecule has 6 nitrogen and oxygen atoms in total. The second kappa shape index (κ2) is 8.42. The molecule has 136 valence electrons. The molecule has 0 aliphatic heterocycles. The monoisotopic (exact) mass is 380 g/mol. The number of hydrogen-bond acceptors (Lipinski definition) is 5. The first kappa shape index (κ1) is 18.5. The van der Waals surface area contributed by atoms with Gasteiger partial charge in [0.1, 0.15) is 5.82 Å². The number of benzene rings is 2. The van der Waals surface area contributed by atoms with Crippen molar-refractivity contribution in [3.05, 3.63) is 82.5 Å². The van der Waals surface area contributed by atoms with Crippen LogP contribution in [-0.2, 0) is 6.54 Å². The highest BCUT2D eigenvalue weighted by Crippen LogP contribution is 2.13. The molecule has 0 saturated heterocycles. The number of halogens is 1. The van der Waals surface area contributed by atoms with Crippen LogP contribution in [0.5, 0.6) is 0 Å². The van der Waals surface area contributed by atoms with Gasteiger partial charge in [-0.3, -0.25) is 9.59 Å². The van der Waals surface area contributed by atoms with E-state index in [9.17, 15) is 9.59 Å². The SMILES string of the molecule is CC(=O)c1ccc(NC(=O)c2ccc(NCc3ccc(Cl)cc3)nn2)cc1. The normalized spacial score (nSPS) is 10.3. The molecule has 0 saturated carbocycles. The molecule has 1 aromatic heterocycles. The molecule has 2 aromatic carbocycles. The molecule has 0 aliphatic carbocycles. The van der Waals surface area contributed by atoms with Crippen molar-refractivity contribution >= 4 is 34.8 Å². The van der Waals surface area contributed by atoms with Gasteiger partial charge in [-0.1, -0.05) is 23.7 Å². The number of carbonyl (C=O) groups excluding carboxylic acids is 2. The first-order chi connectivity index (χ1) is 13.0. The maximum atomic E-state index is 12.2. The molecule has 7 heteroatoms. The van der Waals surface area contributed by atoms with E-state index in [-0.39, 0.29) is 17.4 Å². The molecule has 2 N–H and O–H groups in total. The topological polar surface area (TPSA) is 84.0 Å². The van der Waals surface area contributed by atoms with E-state index in [4.69, 9.17) is 11.6 Å². The van der Waals surface area contributed by atoms with Crippen LogP contribution in [0.3, 0.4) is 0 Å². The molecule has 0 aliphatic rings. The van der Waals surface area contributed by atoms with E-state index in [1.54, 1.807) is 36.4 Å². The van der Waals surface area contributed by atoms with Crippen LogP contribution in [0.1, 0.15) is 33.3 Å². The van der Waals surface area contributed by atoms with Gasteiger partial charge in [0.05, 0.1) is 0 Å². The van der Waals surface area contributed by atoms with E-state index in [2.05, 4.69) is 20.8 Å². The smallest absolute Gasteiger partial charge is 0.276 e. The quantitative estimate of drug-likeness (QED) is 0.626. The Morgan fingerprint density at radius 3 is 2.22 bits per heavy atom. The zero-order chi connectivity index (χ0) is 19.2. The van der Waals surface area contributed by atoms with Crippen LogP contribution in [0.25, 0.3) is 0 Å². The zero-order valence-corrected chi connectivity index (χ0v) is 15.3. The van der Waals surface area contributed by atoms with Gasteiger partial charge in [0, 0.05) is 22.8 Å². The second-order valence-corrected chi connectivity index (χ2v) is 6.31. The van der Waals surface area contributed by atoms with Crippen molar-refractivity contribution in [2.24, 2.45) is 0 Å². The Hall–Kier alpha value is -3.25. The number of Topliss-reactive ketones (excluding diaryl/α,β-unsaturated/α-hetero) is 1. The van der Waals surface area contributed by atoms with Gasteiger partial charge in [-0.2, -0.15) is 0 Å². The first-order valence-corrected chi connectivity index (χ1v) is 8.63. The van der Waals surface area contributed by atoms with Gasteiger partial charge in [0.2, 0.25) is 0 Å². The molecule has 3 rings (SSSR count). The van der Waals surface area contributed by atoms with E-state index < -0.39 is 0 Å². The third-order valence-corrected chi connectivity index (χ3v) is 4.09. The number of hydrogen-bond donors (Lipinski definition) is 2. The summed E-state index contributed by atoms with van der Waals surface area (Å²) in [7, 11) is 0. The van der Waals surface area contributed by atoms with Gasteiger partial charge in [-0.25, -0.2) is 0 Å². The lowest BCUT2D eigenvalue weighted by Crippen LogP contribution is -2.15. The van der Waals surface area contributed by atoms with Crippen molar-refractivity contribution in [2.45, 2.75) is 13.5 Å². The predicted octanol–water partition coefficient (Wildman–Crippen LogP) is 4.20. The number of ketones is 1. The highest BCUT2D eigenvalue weighted by Gasteiger charge is 2.09. The largest absolute Gasteiger partial charge is 0.365 e. The van der Waals surface area contributed by atoms with Crippen LogP contribution < -0.4 is 10.6 Å². The second-order valence-electron chi connectivity index (χ2n) is 5.87. The summed E-state index contributed by atoms with van der Waals surface area (Å²) in [6, 6.07) is 17.4. The number of amides is 1. The van der Waals surface area contributed by atoms with Crippen LogP contribution in [-0.4, -0.2) is 21.9 Å². The summed E-state index contributed by atoms with van der Waals surface area (Å²) >= 11 is 5.86. The lowest BCUT2D eigenvalue weighted by Gasteiger charge is -2.07. The Morgan fingerprint density at radius 1 is 0.926 bits per heavy atom. The van der Waals surface area contributed by atoms with E-state index in [1.165, 1.54) is 6.92 Å². The van der Waals surface area contributed by atoms with Gasteiger partial charge in [0.15, 0.2) is 11.5 Å². The third-order valence-electron chi connectivity index (χ3n) is 3.83. The van der Waals surface area contributed by atoms with Crippen LogP contribution in [0.4, 0.5) is 11.5 Å². The lowest BCUT2D eigenvalue weighted by atomic mass is 10.1. The van der Waals surface area contributed by atoms with Crippen molar-refractivity contribution < 1.29 is 9.59 Å². The number of aromatic nitrogens is 2. The van der Waals surface area contributed by atoms with Crippen LogP contribution in [0.15, 0.2) is 60.7 Å². The maximum Gasteiger partial charge on any atom is 0.276 e. The minimum absolute atomic E-state index is 0.0274. The van der Waals surface area contributed by atoms with Crippen molar-refractivity contribution in [3.63, 3.8) is 0 Å². The number of nitrogens with one attached hydrogen (secondary N) is 2. The number of nitrogens with zero attached hydrogens (tertiary/aromatic N) is 2. The maximum absolute atomic E-state index is 12.2. The van der Waals surface area contributed by atoms with Crippen molar-refractivity contribution in [3.8, 4) is 0 Å². The van der Waals surface area contributed by atoms with Gasteiger partial charge in [-0.15, -0.1) is 10.2 Å². The highest BCUT2D eigenvalue weighted by atomic mass is 35.5. The minimum Gasteiger partial charge on any atom is -0.365 e. The van der Waals surface area contributed by atoms with Crippen molar-refractivity contribution in [1.29, 1.82) is 0 Å². The predicted molar refractivity (Wildman–Crippen MR) is 105 cm³/mol. The summed E-state index contributed by atoms with van der Waals surface area (Å²) < 4.78 is 0. The van der Waals surface area contributed by atoms with Crippen LogP contribution in [0.2, 0.25) is 5.02 Å². The molecule has 0 bridgehead atoms. The molecular formula is C20H17ClN4O2. The average molecular weight is 381 g/mol. The minimum atomic E-state index is -0.373. The van der Waals surface area contributed by atoms with E-state index in [0.717, 1.165) is 5.56 Å². The lowest BCUT2D eigenvalue weighted by molar-refractivity contribution is 0.101. The van der Waals surface area contributed by atoms with E-state index in [1.807, 2.05) is 24.3 Å². The van der Waals surface area contributed by atoms with Crippen LogP contribution >= 0.6 is 11.6 Å². The number of anilines is 2. The molecule has 0 atom stereocenters. The summed E-state index contributed by atoms with van der Waals surface area (Å²) in [4.78, 5) is 23.5. The molecular weight excluding hydrogens is 364 g/mol. The van der Waals surface area contributed by atoms with E-state index in [0.29, 0.717) is 28.6 Å². The summed E-state index contributed by atoms with van der Waals surface area (Å²) in [6.07, 6.45) is 0. The fourth-order valence-corrected chi connectivity index (χ4v) is 2.45. The average Bonchev–Trinajstić information content (AvgIpc) is 2.68. The number of carbonyl (C=O) groups is 2.